The molecule has 0 saturated carbocycles. The van der Waals surface area contributed by atoms with Crippen molar-refractivity contribution in [3.8, 4) is 11.3 Å². The van der Waals surface area contributed by atoms with E-state index < -0.39 is 0 Å². The fourth-order valence-corrected chi connectivity index (χ4v) is 1.97. The van der Waals surface area contributed by atoms with E-state index in [0.29, 0.717) is 6.04 Å². The molecule has 1 heterocycles. The average Bonchev–Trinajstić information content (AvgIpc) is 2.46. The van der Waals surface area contributed by atoms with Gasteiger partial charge in [-0.25, -0.2) is 0 Å². The Balaban J connectivity index is 2.31. The molecule has 0 amide bonds. The van der Waals surface area contributed by atoms with Crippen LogP contribution in [0.4, 0.5) is 5.82 Å². The zero-order valence-electron chi connectivity index (χ0n) is 12.8. The number of rotatable bonds is 4. The third-order valence-electron chi connectivity index (χ3n) is 3.55. The van der Waals surface area contributed by atoms with Gasteiger partial charge in [-0.15, -0.1) is 10.2 Å². The Morgan fingerprint density at radius 2 is 1.70 bits per heavy atom. The molecule has 0 radical (unpaired) electrons. The minimum absolute atomic E-state index is 0.379. The van der Waals surface area contributed by atoms with Crippen LogP contribution in [0.1, 0.15) is 18.5 Å². The quantitative estimate of drug-likeness (QED) is 0.855. The SMILES string of the molecule is CC(c1cccc(-c2ccc(N(C)C)nn2)c1)N(C)C. The predicted octanol–water partition coefficient (Wildman–Crippen LogP) is 2.83. The van der Waals surface area contributed by atoms with Gasteiger partial charge in [0, 0.05) is 25.7 Å². The molecule has 0 N–H and O–H groups in total. The van der Waals surface area contributed by atoms with Crippen LogP contribution in [-0.2, 0) is 0 Å². The molecule has 1 atom stereocenters. The molecule has 1 unspecified atom stereocenters. The highest BCUT2D eigenvalue weighted by Gasteiger charge is 2.09. The van der Waals surface area contributed by atoms with Crippen LogP contribution in [0, 0.1) is 0 Å². The van der Waals surface area contributed by atoms with Gasteiger partial charge < -0.3 is 9.80 Å². The van der Waals surface area contributed by atoms with Crippen LogP contribution < -0.4 is 4.90 Å². The van der Waals surface area contributed by atoms with Crippen LogP contribution in [0.25, 0.3) is 11.3 Å². The Bertz CT molecular complexity index is 561. The van der Waals surface area contributed by atoms with Gasteiger partial charge in [0.25, 0.3) is 0 Å². The van der Waals surface area contributed by atoms with E-state index in [1.165, 1.54) is 5.56 Å². The van der Waals surface area contributed by atoms with Crippen LogP contribution in [0.2, 0.25) is 0 Å². The van der Waals surface area contributed by atoms with Crippen molar-refractivity contribution in [3.05, 3.63) is 42.0 Å². The smallest absolute Gasteiger partial charge is 0.150 e. The van der Waals surface area contributed by atoms with Gasteiger partial charge in [-0.3, -0.25) is 0 Å². The molecule has 4 nitrogen and oxygen atoms in total. The maximum Gasteiger partial charge on any atom is 0.150 e. The van der Waals surface area contributed by atoms with Gasteiger partial charge in [0.15, 0.2) is 5.82 Å². The fourth-order valence-electron chi connectivity index (χ4n) is 1.97. The summed E-state index contributed by atoms with van der Waals surface area (Å²) in [5, 5.41) is 8.54. The van der Waals surface area contributed by atoms with Crippen LogP contribution >= 0.6 is 0 Å². The highest BCUT2D eigenvalue weighted by atomic mass is 15.2. The lowest BCUT2D eigenvalue weighted by molar-refractivity contribution is 0.321. The number of aromatic nitrogens is 2. The topological polar surface area (TPSA) is 32.3 Å². The molecule has 0 aliphatic heterocycles. The van der Waals surface area contributed by atoms with Crippen LogP contribution in [0.15, 0.2) is 36.4 Å². The molecule has 0 bridgehead atoms. The zero-order chi connectivity index (χ0) is 14.7. The van der Waals surface area contributed by atoms with E-state index in [1.54, 1.807) is 0 Å². The van der Waals surface area contributed by atoms with Crippen molar-refractivity contribution in [1.29, 1.82) is 0 Å². The number of hydrogen-bond acceptors (Lipinski definition) is 4. The van der Waals surface area contributed by atoms with Crippen LogP contribution in [0.3, 0.4) is 0 Å². The number of benzene rings is 1. The molecule has 20 heavy (non-hydrogen) atoms. The van der Waals surface area contributed by atoms with Gasteiger partial charge in [-0.1, -0.05) is 18.2 Å². The van der Waals surface area contributed by atoms with Crippen molar-refractivity contribution in [3.63, 3.8) is 0 Å². The average molecular weight is 270 g/mol. The van der Waals surface area contributed by atoms with Gasteiger partial charge in [-0.05, 0) is 44.8 Å². The molecule has 2 rings (SSSR count). The number of hydrogen-bond donors (Lipinski definition) is 0. The van der Waals surface area contributed by atoms with E-state index in [0.717, 1.165) is 17.1 Å². The summed E-state index contributed by atoms with van der Waals surface area (Å²) in [7, 11) is 8.10. The third kappa shape index (κ3) is 3.14. The minimum atomic E-state index is 0.379. The highest BCUT2D eigenvalue weighted by molar-refractivity contribution is 5.60. The summed E-state index contributed by atoms with van der Waals surface area (Å²) >= 11 is 0. The van der Waals surface area contributed by atoms with Crippen molar-refractivity contribution in [1.82, 2.24) is 15.1 Å². The Hall–Kier alpha value is -1.94. The van der Waals surface area contributed by atoms with E-state index in [4.69, 9.17) is 0 Å². The first-order valence-electron chi connectivity index (χ1n) is 6.77. The molecule has 0 aliphatic rings. The Morgan fingerprint density at radius 3 is 2.25 bits per heavy atom. The maximum atomic E-state index is 4.31. The van der Waals surface area contributed by atoms with E-state index in [-0.39, 0.29) is 0 Å². The van der Waals surface area contributed by atoms with Crippen LogP contribution in [0.5, 0.6) is 0 Å². The molecule has 0 saturated heterocycles. The number of anilines is 1. The molecule has 0 fully saturated rings. The summed E-state index contributed by atoms with van der Waals surface area (Å²) < 4.78 is 0. The first kappa shape index (κ1) is 14.5. The molecule has 0 spiro atoms. The fraction of sp³-hybridized carbons (Fsp3) is 0.375. The molecular weight excluding hydrogens is 248 g/mol. The summed E-state index contributed by atoms with van der Waals surface area (Å²) in [5.74, 6) is 0.867. The Kier molecular flexibility index (Phi) is 4.35. The molecule has 1 aromatic heterocycles. The van der Waals surface area contributed by atoms with E-state index in [1.807, 2.05) is 31.1 Å². The molecular formula is C16H22N4. The number of nitrogens with zero attached hydrogens (tertiary/aromatic N) is 4. The van der Waals surface area contributed by atoms with Crippen molar-refractivity contribution < 1.29 is 0 Å². The second kappa shape index (κ2) is 6.01. The van der Waals surface area contributed by atoms with E-state index >= 15 is 0 Å². The summed E-state index contributed by atoms with van der Waals surface area (Å²) in [6, 6.07) is 12.9. The Labute approximate surface area is 121 Å². The Morgan fingerprint density at radius 1 is 0.950 bits per heavy atom. The molecule has 4 heteroatoms. The van der Waals surface area contributed by atoms with Crippen molar-refractivity contribution in [2.24, 2.45) is 0 Å². The highest BCUT2D eigenvalue weighted by Crippen LogP contribution is 2.24. The standard InChI is InChI=1S/C16H22N4/c1-12(19(2)3)13-7-6-8-14(11-13)15-9-10-16(18-17-15)20(4)5/h6-12H,1-5H3. The molecule has 1 aromatic carbocycles. The second-order valence-electron chi connectivity index (χ2n) is 5.44. The molecule has 106 valence electrons. The van der Waals surface area contributed by atoms with Gasteiger partial charge in [0.1, 0.15) is 0 Å². The monoisotopic (exact) mass is 270 g/mol. The lowest BCUT2D eigenvalue weighted by Gasteiger charge is -2.20. The third-order valence-corrected chi connectivity index (χ3v) is 3.55. The van der Waals surface area contributed by atoms with E-state index in [2.05, 4.69) is 60.4 Å². The van der Waals surface area contributed by atoms with Gasteiger partial charge >= 0.3 is 0 Å². The zero-order valence-corrected chi connectivity index (χ0v) is 12.8. The van der Waals surface area contributed by atoms with Gasteiger partial charge in [-0.2, -0.15) is 0 Å². The lowest BCUT2D eigenvalue weighted by Crippen LogP contribution is -2.16. The summed E-state index contributed by atoms with van der Waals surface area (Å²) in [6.45, 7) is 2.19. The van der Waals surface area contributed by atoms with Gasteiger partial charge in [0.05, 0.1) is 5.69 Å². The van der Waals surface area contributed by atoms with Crippen LogP contribution in [-0.4, -0.2) is 43.3 Å². The van der Waals surface area contributed by atoms with Crippen molar-refractivity contribution >= 4 is 5.82 Å². The predicted molar refractivity (Wildman–Crippen MR) is 83.9 cm³/mol. The van der Waals surface area contributed by atoms with Crippen molar-refractivity contribution in [2.45, 2.75) is 13.0 Å². The van der Waals surface area contributed by atoms with Crippen molar-refractivity contribution in [2.75, 3.05) is 33.1 Å². The van der Waals surface area contributed by atoms with E-state index in [9.17, 15) is 0 Å². The first-order valence-corrected chi connectivity index (χ1v) is 6.77. The largest absolute Gasteiger partial charge is 0.361 e. The second-order valence-corrected chi connectivity index (χ2v) is 5.44. The minimum Gasteiger partial charge on any atom is -0.361 e. The first-order chi connectivity index (χ1) is 9.49. The maximum absolute atomic E-state index is 4.31. The molecule has 0 aliphatic carbocycles. The van der Waals surface area contributed by atoms with Gasteiger partial charge in [0.2, 0.25) is 0 Å². The summed E-state index contributed by atoms with van der Waals surface area (Å²) in [6.07, 6.45) is 0. The summed E-state index contributed by atoms with van der Waals surface area (Å²) in [4.78, 5) is 4.14. The molecule has 2 aromatic rings. The summed E-state index contributed by atoms with van der Waals surface area (Å²) in [5.41, 5.74) is 3.29. The normalized spacial score (nSPS) is 12.5. The lowest BCUT2D eigenvalue weighted by atomic mass is 10.0.